The van der Waals surface area contributed by atoms with Crippen LogP contribution >= 0.6 is 0 Å². The minimum atomic E-state index is -0.933. The Labute approximate surface area is 126 Å². The number of aliphatic carboxylic acids is 1. The van der Waals surface area contributed by atoms with E-state index in [0.717, 1.165) is 22.8 Å². The van der Waals surface area contributed by atoms with E-state index < -0.39 is 5.97 Å². The van der Waals surface area contributed by atoms with Crippen molar-refractivity contribution in [2.24, 2.45) is 0 Å². The smallest absolute Gasteiger partial charge is 0.328 e. The van der Waals surface area contributed by atoms with Crippen LogP contribution in [0.3, 0.4) is 0 Å². The number of benzene rings is 2. The third kappa shape index (κ3) is 4.48. The summed E-state index contributed by atoms with van der Waals surface area (Å²) >= 11 is 0. The Morgan fingerprint density at radius 1 is 0.947 bits per heavy atom. The molecule has 0 aliphatic rings. The van der Waals surface area contributed by atoms with Gasteiger partial charge < -0.3 is 5.11 Å². The monoisotopic (exact) mass is 425 g/mol. The Morgan fingerprint density at radius 2 is 1.42 bits per heavy atom. The Balaban J connectivity index is 0.00000180. The first kappa shape index (κ1) is 15.4. The first-order valence-electron chi connectivity index (χ1n) is 5.73. The van der Waals surface area contributed by atoms with Gasteiger partial charge in [-0.25, -0.2) is 4.79 Å². The van der Waals surface area contributed by atoms with Gasteiger partial charge in [-0.3, -0.25) is 0 Å². The molecule has 0 fully saturated rings. The van der Waals surface area contributed by atoms with Crippen molar-refractivity contribution in [1.82, 2.24) is 0 Å². The van der Waals surface area contributed by atoms with E-state index in [1.165, 1.54) is 5.56 Å². The average Bonchev–Trinajstić information content (AvgIpc) is 2.38. The van der Waals surface area contributed by atoms with Crippen LogP contribution in [0.25, 0.3) is 17.2 Å². The van der Waals surface area contributed by atoms with E-state index in [0.29, 0.717) is 0 Å². The van der Waals surface area contributed by atoms with Crippen molar-refractivity contribution in [3.63, 3.8) is 0 Å². The quantitative estimate of drug-likeness (QED) is 0.762. The number of hydrogen-bond acceptors (Lipinski definition) is 1. The second kappa shape index (κ2) is 7.04. The van der Waals surface area contributed by atoms with Crippen LogP contribution in [0.2, 0.25) is 0 Å². The third-order valence-corrected chi connectivity index (χ3v) is 2.71. The van der Waals surface area contributed by atoms with E-state index >= 15 is 0 Å². The Morgan fingerprint density at radius 3 is 1.89 bits per heavy atom. The van der Waals surface area contributed by atoms with Crippen LogP contribution in [-0.2, 0) is 25.2 Å². The molecule has 0 atom stereocenters. The minimum Gasteiger partial charge on any atom is -0.478 e. The maximum Gasteiger partial charge on any atom is 0.328 e. The van der Waals surface area contributed by atoms with Gasteiger partial charge in [0.25, 0.3) is 0 Å². The summed E-state index contributed by atoms with van der Waals surface area (Å²) in [5, 5.41) is 8.55. The number of rotatable bonds is 3. The van der Waals surface area contributed by atoms with Gasteiger partial charge in [0, 0.05) is 26.5 Å². The van der Waals surface area contributed by atoms with Gasteiger partial charge in [0.15, 0.2) is 0 Å². The zero-order chi connectivity index (χ0) is 13.0. The summed E-state index contributed by atoms with van der Waals surface area (Å²) in [6, 6.07) is 16.1. The molecule has 3 heteroatoms. The maximum atomic E-state index is 10.4. The molecule has 2 aromatic rings. The third-order valence-electron chi connectivity index (χ3n) is 2.71. The zero-order valence-electron chi connectivity index (χ0n) is 10.5. The first-order valence-corrected chi connectivity index (χ1v) is 5.73. The summed E-state index contributed by atoms with van der Waals surface area (Å²) in [4.78, 5) is 10.4. The molecule has 0 aromatic heterocycles. The maximum absolute atomic E-state index is 10.4. The van der Waals surface area contributed by atoms with Crippen molar-refractivity contribution < 1.29 is 30.3 Å². The number of carboxylic acids is 1. The first-order chi connectivity index (χ1) is 8.65. The summed E-state index contributed by atoms with van der Waals surface area (Å²) in [6.07, 6.45) is 2.72. The second-order valence-electron chi connectivity index (χ2n) is 4.16. The summed E-state index contributed by atoms with van der Waals surface area (Å²) in [7, 11) is 0. The molecule has 0 heterocycles. The fraction of sp³-hybridized carbons (Fsp3) is 0.0625. The van der Waals surface area contributed by atoms with Crippen molar-refractivity contribution in [2.75, 3.05) is 0 Å². The largest absolute Gasteiger partial charge is 0.478 e. The van der Waals surface area contributed by atoms with Gasteiger partial charge in [-0.2, -0.15) is 0 Å². The number of aryl methyl sites for hydroxylation is 1. The summed E-state index contributed by atoms with van der Waals surface area (Å²) < 4.78 is 0. The molecular formula is C16H14O2Re. The van der Waals surface area contributed by atoms with Crippen LogP contribution in [0.5, 0.6) is 0 Å². The Hall–Kier alpha value is -1.69. The molecule has 0 amide bonds. The number of carboxylic acid groups (broad SMARTS) is 1. The minimum absolute atomic E-state index is 0. The molecule has 2 nitrogen and oxygen atoms in total. The fourth-order valence-corrected chi connectivity index (χ4v) is 1.70. The SMILES string of the molecule is Cc1ccc(-c2ccc(/C=C/C(=O)O)cc2)cc1.[Re]. The second-order valence-corrected chi connectivity index (χ2v) is 4.16. The number of hydrogen-bond donors (Lipinski definition) is 1. The van der Waals surface area contributed by atoms with Crippen molar-refractivity contribution >= 4 is 12.0 Å². The van der Waals surface area contributed by atoms with E-state index in [4.69, 9.17) is 5.11 Å². The topological polar surface area (TPSA) is 37.3 Å². The molecule has 19 heavy (non-hydrogen) atoms. The molecule has 0 spiro atoms. The van der Waals surface area contributed by atoms with Crippen LogP contribution in [0, 0.1) is 6.92 Å². The normalized spacial score (nSPS) is 10.2. The fourth-order valence-electron chi connectivity index (χ4n) is 1.70. The standard InChI is InChI=1S/C16H14O2.Re/c1-12-2-7-14(8-3-12)15-9-4-13(5-10-15)6-11-16(17)18;/h2-11H,1H3,(H,17,18);/b11-6+;. The van der Waals surface area contributed by atoms with Gasteiger partial charge >= 0.3 is 5.97 Å². The van der Waals surface area contributed by atoms with E-state index in [1.54, 1.807) is 6.08 Å². The molecular weight excluding hydrogens is 410 g/mol. The van der Waals surface area contributed by atoms with Gasteiger partial charge in [0.1, 0.15) is 0 Å². The van der Waals surface area contributed by atoms with E-state index in [1.807, 2.05) is 24.3 Å². The molecule has 1 radical (unpaired) electrons. The van der Waals surface area contributed by atoms with E-state index in [9.17, 15) is 4.79 Å². The number of carbonyl (C=O) groups is 1. The van der Waals surface area contributed by atoms with Crippen molar-refractivity contribution in [3.05, 3.63) is 65.7 Å². The predicted molar refractivity (Wildman–Crippen MR) is 73.3 cm³/mol. The molecule has 0 aliphatic carbocycles. The van der Waals surface area contributed by atoms with Crippen LogP contribution < -0.4 is 0 Å². The van der Waals surface area contributed by atoms with E-state index in [-0.39, 0.29) is 20.4 Å². The van der Waals surface area contributed by atoms with Crippen LogP contribution in [0.1, 0.15) is 11.1 Å². The van der Waals surface area contributed by atoms with Gasteiger partial charge in [-0.05, 0) is 29.7 Å². The van der Waals surface area contributed by atoms with Gasteiger partial charge in [0.05, 0.1) is 0 Å². The van der Waals surface area contributed by atoms with Crippen LogP contribution in [0.15, 0.2) is 54.6 Å². The van der Waals surface area contributed by atoms with Crippen molar-refractivity contribution in [3.8, 4) is 11.1 Å². The molecule has 1 N–H and O–H groups in total. The summed E-state index contributed by atoms with van der Waals surface area (Å²) in [5.74, 6) is -0.933. The molecule has 2 aromatic carbocycles. The van der Waals surface area contributed by atoms with Crippen LogP contribution in [-0.4, -0.2) is 11.1 Å². The molecule has 0 saturated carbocycles. The average molecular weight is 424 g/mol. The van der Waals surface area contributed by atoms with Crippen molar-refractivity contribution in [2.45, 2.75) is 6.92 Å². The molecule has 97 valence electrons. The molecule has 0 aliphatic heterocycles. The molecule has 0 bridgehead atoms. The molecule has 2 rings (SSSR count). The Kier molecular flexibility index (Phi) is 5.69. The molecule has 0 unspecified atom stereocenters. The summed E-state index contributed by atoms with van der Waals surface area (Å²) in [6.45, 7) is 2.06. The van der Waals surface area contributed by atoms with Crippen LogP contribution in [0.4, 0.5) is 0 Å². The van der Waals surface area contributed by atoms with Crippen molar-refractivity contribution in [1.29, 1.82) is 0 Å². The molecule has 0 saturated heterocycles. The van der Waals surface area contributed by atoms with E-state index in [2.05, 4.69) is 31.2 Å². The predicted octanol–water partition coefficient (Wildman–Crippen LogP) is 3.76. The summed E-state index contributed by atoms with van der Waals surface area (Å²) in [5.41, 5.74) is 4.41. The van der Waals surface area contributed by atoms with Gasteiger partial charge in [0.2, 0.25) is 0 Å². The Bertz CT molecular complexity index is 569. The zero-order valence-corrected chi connectivity index (χ0v) is 13.2. The van der Waals surface area contributed by atoms with Gasteiger partial charge in [-0.1, -0.05) is 54.1 Å². The van der Waals surface area contributed by atoms with Gasteiger partial charge in [-0.15, -0.1) is 0 Å².